The Kier molecular flexibility index (Phi) is 6.37. The second-order valence-corrected chi connectivity index (χ2v) is 4.73. The van der Waals surface area contributed by atoms with Crippen molar-refractivity contribution in [2.75, 3.05) is 13.2 Å². The summed E-state index contributed by atoms with van der Waals surface area (Å²) >= 11 is 9.09. The van der Waals surface area contributed by atoms with Crippen LogP contribution in [0.4, 0.5) is 0 Å². The van der Waals surface area contributed by atoms with E-state index in [1.165, 1.54) is 0 Å². The maximum absolute atomic E-state index is 11.3. The predicted octanol–water partition coefficient (Wildman–Crippen LogP) is 3.82. The van der Waals surface area contributed by atoms with Crippen LogP contribution < -0.4 is 4.74 Å². The second-order valence-electron chi connectivity index (χ2n) is 3.44. The van der Waals surface area contributed by atoms with Crippen LogP contribution in [0.5, 0.6) is 5.75 Å². The van der Waals surface area contributed by atoms with Crippen molar-refractivity contribution in [3.05, 3.63) is 27.7 Å². The normalized spacial score (nSPS) is 10.1. The van der Waals surface area contributed by atoms with Crippen LogP contribution in [-0.4, -0.2) is 19.2 Å². The molecule has 0 aromatic heterocycles. The van der Waals surface area contributed by atoms with Crippen LogP contribution in [0.25, 0.3) is 0 Å². The van der Waals surface area contributed by atoms with Gasteiger partial charge in [-0.2, -0.15) is 0 Å². The van der Waals surface area contributed by atoms with Gasteiger partial charge in [0.15, 0.2) is 6.61 Å². The maximum atomic E-state index is 11.3. The molecule has 5 heteroatoms. The molecule has 0 aliphatic heterocycles. The van der Waals surface area contributed by atoms with Crippen molar-refractivity contribution >= 4 is 33.5 Å². The number of esters is 1. The van der Waals surface area contributed by atoms with Gasteiger partial charge in [0.05, 0.1) is 11.1 Å². The number of unbranched alkanes of at least 4 members (excludes halogenated alkanes) is 1. The zero-order valence-electron chi connectivity index (χ0n) is 9.54. The third-order valence-corrected chi connectivity index (χ3v) is 2.86. The van der Waals surface area contributed by atoms with Gasteiger partial charge in [0.2, 0.25) is 0 Å². The standard InChI is InChI=1S/C12H14BrClO3/c1-2-3-6-16-12(15)8-17-11-5-4-9(14)7-10(11)13/h4-5,7H,2-3,6,8H2,1H3. The van der Waals surface area contributed by atoms with Crippen LogP contribution in [0.2, 0.25) is 5.02 Å². The van der Waals surface area contributed by atoms with Crippen LogP contribution in [0.15, 0.2) is 22.7 Å². The molecule has 0 amide bonds. The Hall–Kier alpha value is -0.740. The SMILES string of the molecule is CCCCOC(=O)COc1ccc(Cl)cc1Br. The van der Waals surface area contributed by atoms with Gasteiger partial charge < -0.3 is 9.47 Å². The molecular formula is C12H14BrClO3. The Morgan fingerprint density at radius 1 is 1.47 bits per heavy atom. The lowest BCUT2D eigenvalue weighted by Crippen LogP contribution is -2.15. The maximum Gasteiger partial charge on any atom is 0.344 e. The average molecular weight is 322 g/mol. The first-order chi connectivity index (χ1) is 8.13. The number of halogens is 2. The van der Waals surface area contributed by atoms with Gasteiger partial charge in [-0.05, 0) is 40.5 Å². The fourth-order valence-corrected chi connectivity index (χ4v) is 1.90. The zero-order valence-corrected chi connectivity index (χ0v) is 11.9. The second kappa shape index (κ2) is 7.56. The van der Waals surface area contributed by atoms with Gasteiger partial charge in [-0.1, -0.05) is 24.9 Å². The summed E-state index contributed by atoms with van der Waals surface area (Å²) in [4.78, 5) is 11.3. The van der Waals surface area contributed by atoms with E-state index in [2.05, 4.69) is 15.9 Å². The Morgan fingerprint density at radius 2 is 2.24 bits per heavy atom. The van der Waals surface area contributed by atoms with Crippen molar-refractivity contribution in [2.24, 2.45) is 0 Å². The molecule has 1 aromatic rings. The molecule has 0 heterocycles. The Balaban J connectivity index is 2.37. The van der Waals surface area contributed by atoms with E-state index in [0.29, 0.717) is 21.9 Å². The van der Waals surface area contributed by atoms with Gasteiger partial charge in [0, 0.05) is 5.02 Å². The molecule has 0 aliphatic rings. The Morgan fingerprint density at radius 3 is 2.88 bits per heavy atom. The summed E-state index contributed by atoms with van der Waals surface area (Å²) in [6, 6.07) is 5.11. The summed E-state index contributed by atoms with van der Waals surface area (Å²) in [6.45, 7) is 2.39. The van der Waals surface area contributed by atoms with Crippen LogP contribution in [0, 0.1) is 0 Å². The van der Waals surface area contributed by atoms with E-state index in [-0.39, 0.29) is 12.6 Å². The van der Waals surface area contributed by atoms with E-state index in [1.807, 2.05) is 6.92 Å². The van der Waals surface area contributed by atoms with E-state index in [4.69, 9.17) is 21.1 Å². The molecule has 94 valence electrons. The Labute approximate surface area is 114 Å². The molecule has 0 atom stereocenters. The van der Waals surface area contributed by atoms with Gasteiger partial charge in [0.25, 0.3) is 0 Å². The number of benzene rings is 1. The van der Waals surface area contributed by atoms with Crippen molar-refractivity contribution < 1.29 is 14.3 Å². The number of ether oxygens (including phenoxy) is 2. The van der Waals surface area contributed by atoms with Gasteiger partial charge in [-0.25, -0.2) is 4.79 Å². The molecule has 0 fully saturated rings. The lowest BCUT2D eigenvalue weighted by molar-refractivity contribution is -0.146. The zero-order chi connectivity index (χ0) is 12.7. The molecule has 0 saturated heterocycles. The van der Waals surface area contributed by atoms with Crippen LogP contribution in [0.1, 0.15) is 19.8 Å². The first-order valence-electron chi connectivity index (χ1n) is 5.37. The highest BCUT2D eigenvalue weighted by Gasteiger charge is 2.06. The summed E-state index contributed by atoms with van der Waals surface area (Å²) in [5, 5.41) is 0.606. The fraction of sp³-hybridized carbons (Fsp3) is 0.417. The number of carbonyl (C=O) groups excluding carboxylic acids is 1. The third-order valence-electron chi connectivity index (χ3n) is 2.00. The van der Waals surface area contributed by atoms with Crippen molar-refractivity contribution in [3.8, 4) is 5.75 Å². The number of hydrogen-bond donors (Lipinski definition) is 0. The highest BCUT2D eigenvalue weighted by Crippen LogP contribution is 2.27. The van der Waals surface area contributed by atoms with E-state index in [0.717, 1.165) is 12.8 Å². The third kappa shape index (κ3) is 5.41. The molecule has 0 aliphatic carbocycles. The summed E-state index contributed by atoms with van der Waals surface area (Å²) in [6.07, 6.45) is 1.87. The van der Waals surface area contributed by atoms with Crippen molar-refractivity contribution in [2.45, 2.75) is 19.8 Å². The molecule has 0 saturated carbocycles. The van der Waals surface area contributed by atoms with Gasteiger partial charge in [0.1, 0.15) is 5.75 Å². The summed E-state index contributed by atoms with van der Waals surface area (Å²) in [5.41, 5.74) is 0. The molecule has 0 spiro atoms. The van der Waals surface area contributed by atoms with Crippen LogP contribution in [0.3, 0.4) is 0 Å². The molecule has 0 radical (unpaired) electrons. The largest absolute Gasteiger partial charge is 0.481 e. The molecule has 0 N–H and O–H groups in total. The van der Waals surface area contributed by atoms with Gasteiger partial charge in [-0.15, -0.1) is 0 Å². The molecule has 1 rings (SSSR count). The first kappa shape index (κ1) is 14.3. The van der Waals surface area contributed by atoms with Crippen LogP contribution >= 0.6 is 27.5 Å². The molecule has 17 heavy (non-hydrogen) atoms. The highest BCUT2D eigenvalue weighted by atomic mass is 79.9. The molecule has 1 aromatic carbocycles. The number of hydrogen-bond acceptors (Lipinski definition) is 3. The van der Waals surface area contributed by atoms with E-state index in [9.17, 15) is 4.79 Å². The first-order valence-corrected chi connectivity index (χ1v) is 6.54. The quantitative estimate of drug-likeness (QED) is 0.590. The number of carbonyl (C=O) groups is 1. The topological polar surface area (TPSA) is 35.5 Å². The fourth-order valence-electron chi connectivity index (χ4n) is 1.10. The number of rotatable bonds is 6. The molecular weight excluding hydrogens is 307 g/mol. The van der Waals surface area contributed by atoms with Crippen molar-refractivity contribution in [3.63, 3.8) is 0 Å². The minimum Gasteiger partial charge on any atom is -0.481 e. The molecule has 0 unspecified atom stereocenters. The monoisotopic (exact) mass is 320 g/mol. The van der Waals surface area contributed by atoms with Gasteiger partial charge >= 0.3 is 5.97 Å². The van der Waals surface area contributed by atoms with Crippen molar-refractivity contribution in [1.82, 2.24) is 0 Å². The minimum atomic E-state index is -0.361. The van der Waals surface area contributed by atoms with E-state index in [1.54, 1.807) is 18.2 Å². The minimum absolute atomic E-state index is 0.0933. The summed E-state index contributed by atoms with van der Waals surface area (Å²) in [5.74, 6) is 0.210. The smallest absolute Gasteiger partial charge is 0.344 e. The summed E-state index contributed by atoms with van der Waals surface area (Å²) in [7, 11) is 0. The molecule has 0 bridgehead atoms. The van der Waals surface area contributed by atoms with Gasteiger partial charge in [-0.3, -0.25) is 0 Å². The van der Waals surface area contributed by atoms with Crippen molar-refractivity contribution in [1.29, 1.82) is 0 Å². The van der Waals surface area contributed by atoms with E-state index < -0.39 is 0 Å². The lowest BCUT2D eigenvalue weighted by atomic mass is 10.3. The lowest BCUT2D eigenvalue weighted by Gasteiger charge is -2.08. The predicted molar refractivity (Wildman–Crippen MR) is 70.5 cm³/mol. The van der Waals surface area contributed by atoms with Crippen LogP contribution in [-0.2, 0) is 9.53 Å². The summed E-state index contributed by atoms with van der Waals surface area (Å²) < 4.78 is 11.0. The highest BCUT2D eigenvalue weighted by molar-refractivity contribution is 9.10. The average Bonchev–Trinajstić information content (AvgIpc) is 2.28. The Bertz CT molecular complexity index is 382. The molecule has 3 nitrogen and oxygen atoms in total. The van der Waals surface area contributed by atoms with E-state index >= 15 is 0 Å².